The van der Waals surface area contributed by atoms with E-state index in [1.54, 1.807) is 6.07 Å². The Bertz CT molecular complexity index is 1750. The summed E-state index contributed by atoms with van der Waals surface area (Å²) < 4.78 is 6.36. The molecule has 0 fully saturated rings. The maximum absolute atomic E-state index is 12.9. The number of rotatable bonds is 2. The fourth-order valence-corrected chi connectivity index (χ4v) is 5.11. The van der Waals surface area contributed by atoms with Crippen molar-refractivity contribution < 1.29 is 14.3 Å². The lowest BCUT2D eigenvalue weighted by Crippen LogP contribution is -2.34. The minimum Gasteiger partial charge on any atom is -0.457 e. The molecule has 0 bridgehead atoms. The number of imide groups is 1. The minimum absolute atomic E-state index is 0.367. The first-order valence-electron chi connectivity index (χ1n) is 10.5. The Labute approximate surface area is 182 Å². The lowest BCUT2D eigenvalue weighted by molar-refractivity contribution is 0.0845. The maximum atomic E-state index is 12.9. The lowest BCUT2D eigenvalue weighted by Gasteiger charge is -2.23. The molecule has 0 saturated carbocycles. The molecule has 0 spiro atoms. The van der Waals surface area contributed by atoms with Gasteiger partial charge in [-0.1, -0.05) is 60.7 Å². The summed E-state index contributed by atoms with van der Waals surface area (Å²) in [6.07, 6.45) is 0. The summed E-state index contributed by atoms with van der Waals surface area (Å²) in [6.45, 7) is 0. The Kier molecular flexibility index (Phi) is 3.26. The second kappa shape index (κ2) is 6.05. The zero-order chi connectivity index (χ0) is 21.4. The molecule has 0 radical (unpaired) electrons. The molecule has 1 aliphatic heterocycles. The third kappa shape index (κ3) is 2.16. The van der Waals surface area contributed by atoms with E-state index in [1.807, 2.05) is 54.6 Å². The van der Waals surface area contributed by atoms with E-state index >= 15 is 0 Å². The molecule has 1 aliphatic rings. The molecular formula is C28H15NO3. The molecule has 0 unspecified atom stereocenters. The van der Waals surface area contributed by atoms with Gasteiger partial charge in [0.05, 0.1) is 5.56 Å². The van der Waals surface area contributed by atoms with Gasteiger partial charge in [0.2, 0.25) is 0 Å². The second-order valence-corrected chi connectivity index (χ2v) is 8.12. The number of carbonyl (C=O) groups is 2. The number of hydrogen-bond donors (Lipinski definition) is 1. The number of nitrogens with one attached hydrogen (secondary N) is 1. The second-order valence-electron chi connectivity index (χ2n) is 8.12. The van der Waals surface area contributed by atoms with Crippen molar-refractivity contribution >= 4 is 54.9 Å². The van der Waals surface area contributed by atoms with Gasteiger partial charge in [0, 0.05) is 21.7 Å². The largest absolute Gasteiger partial charge is 0.457 e. The number of carbonyl (C=O) groups excluding carboxylic acids is 2. The first kappa shape index (κ1) is 17.3. The molecule has 2 amide bonds. The highest BCUT2D eigenvalue weighted by Crippen LogP contribution is 2.47. The van der Waals surface area contributed by atoms with E-state index in [0.717, 1.165) is 37.7 Å². The van der Waals surface area contributed by atoms with Gasteiger partial charge in [0.25, 0.3) is 11.8 Å². The Morgan fingerprint density at radius 1 is 0.562 bits per heavy atom. The van der Waals surface area contributed by atoms with E-state index in [4.69, 9.17) is 4.74 Å². The Morgan fingerprint density at radius 3 is 2.09 bits per heavy atom. The number of benzene rings is 6. The molecule has 0 aromatic heterocycles. The SMILES string of the molecule is O=C1NC(=O)c2cc(Oc3ccccc3)c3c4cccc5cccc(c6ccc1c2c63)c54. The fraction of sp³-hybridized carbons (Fsp3) is 0. The highest BCUT2D eigenvalue weighted by molar-refractivity contribution is 6.39. The van der Waals surface area contributed by atoms with Crippen LogP contribution in [0.2, 0.25) is 0 Å². The normalized spacial score (nSPS) is 13.4. The minimum atomic E-state index is -0.402. The van der Waals surface area contributed by atoms with Gasteiger partial charge in [-0.2, -0.15) is 0 Å². The van der Waals surface area contributed by atoms with Gasteiger partial charge in [-0.05, 0) is 51.2 Å². The highest BCUT2D eigenvalue weighted by atomic mass is 16.5. The van der Waals surface area contributed by atoms with E-state index in [9.17, 15) is 9.59 Å². The monoisotopic (exact) mass is 413 g/mol. The van der Waals surface area contributed by atoms with Crippen molar-refractivity contribution in [2.24, 2.45) is 0 Å². The van der Waals surface area contributed by atoms with Crippen molar-refractivity contribution in [2.45, 2.75) is 0 Å². The molecular weight excluding hydrogens is 398 g/mol. The Balaban J connectivity index is 1.76. The predicted molar refractivity (Wildman–Crippen MR) is 126 cm³/mol. The number of amides is 2. The lowest BCUT2D eigenvalue weighted by atomic mass is 9.85. The Hall–Kier alpha value is -4.44. The van der Waals surface area contributed by atoms with Crippen molar-refractivity contribution in [3.63, 3.8) is 0 Å². The summed E-state index contributed by atoms with van der Waals surface area (Å²) in [4.78, 5) is 25.5. The van der Waals surface area contributed by atoms with E-state index < -0.39 is 5.91 Å². The summed E-state index contributed by atoms with van der Waals surface area (Å²) in [5.74, 6) is 0.518. The predicted octanol–water partition coefficient (Wildman–Crippen LogP) is 6.41. The van der Waals surface area contributed by atoms with E-state index in [-0.39, 0.29) is 5.91 Å². The highest BCUT2D eigenvalue weighted by Gasteiger charge is 2.29. The van der Waals surface area contributed by atoms with Crippen LogP contribution in [0.15, 0.2) is 84.9 Å². The molecule has 7 rings (SSSR count). The van der Waals surface area contributed by atoms with Crippen molar-refractivity contribution in [1.29, 1.82) is 0 Å². The average Bonchev–Trinajstić information content (AvgIpc) is 2.82. The van der Waals surface area contributed by atoms with Crippen LogP contribution in [0.25, 0.3) is 43.1 Å². The standard InChI is InChI=1S/C28H15NO3/c30-27-20-13-12-18-17-10-4-6-15-7-5-11-19(23(15)17)25-22(32-16-8-2-1-3-9-16)14-21(28(31)29-27)24(20)26(18)25/h1-14H,(H,29,30,31). The van der Waals surface area contributed by atoms with Gasteiger partial charge in [-0.25, -0.2) is 0 Å². The number of para-hydroxylation sites is 1. The van der Waals surface area contributed by atoms with Crippen LogP contribution in [-0.2, 0) is 0 Å². The fourth-order valence-electron chi connectivity index (χ4n) is 5.11. The molecule has 32 heavy (non-hydrogen) atoms. The first-order chi connectivity index (χ1) is 15.7. The average molecular weight is 413 g/mol. The van der Waals surface area contributed by atoms with Gasteiger partial charge >= 0.3 is 0 Å². The van der Waals surface area contributed by atoms with Gasteiger partial charge < -0.3 is 4.74 Å². The van der Waals surface area contributed by atoms with Crippen molar-refractivity contribution in [1.82, 2.24) is 5.32 Å². The third-order valence-electron chi connectivity index (χ3n) is 6.40. The summed E-state index contributed by atoms with van der Waals surface area (Å²) in [6, 6.07) is 27.6. The van der Waals surface area contributed by atoms with Crippen LogP contribution >= 0.6 is 0 Å². The number of hydrogen-bond acceptors (Lipinski definition) is 3. The quantitative estimate of drug-likeness (QED) is 0.203. The summed E-state index contributed by atoms with van der Waals surface area (Å²) in [5.41, 5.74) is 0.968. The molecule has 4 nitrogen and oxygen atoms in total. The van der Waals surface area contributed by atoms with Crippen molar-refractivity contribution in [3.8, 4) is 11.5 Å². The summed E-state index contributed by atoms with van der Waals surface area (Å²) in [7, 11) is 0. The first-order valence-corrected chi connectivity index (χ1v) is 10.5. The molecule has 1 heterocycles. The van der Waals surface area contributed by atoms with E-state index in [1.165, 1.54) is 0 Å². The van der Waals surface area contributed by atoms with Crippen molar-refractivity contribution in [3.05, 3.63) is 96.1 Å². The summed E-state index contributed by atoms with van der Waals surface area (Å²) in [5, 5.41) is 10.4. The number of fused-ring (bicyclic) bond motifs is 2. The van der Waals surface area contributed by atoms with Gasteiger partial charge in [-0.15, -0.1) is 0 Å². The van der Waals surface area contributed by atoms with Crippen LogP contribution in [0.4, 0.5) is 0 Å². The van der Waals surface area contributed by atoms with Crippen molar-refractivity contribution in [2.75, 3.05) is 0 Å². The van der Waals surface area contributed by atoms with Crippen LogP contribution in [-0.4, -0.2) is 11.8 Å². The molecule has 150 valence electrons. The van der Waals surface area contributed by atoms with Crippen LogP contribution in [0.5, 0.6) is 11.5 Å². The number of ether oxygens (including phenoxy) is 1. The third-order valence-corrected chi connectivity index (χ3v) is 6.40. The van der Waals surface area contributed by atoms with E-state index in [2.05, 4.69) is 29.6 Å². The van der Waals surface area contributed by atoms with Gasteiger partial charge in [-0.3, -0.25) is 14.9 Å². The maximum Gasteiger partial charge on any atom is 0.258 e. The smallest absolute Gasteiger partial charge is 0.258 e. The molecule has 1 N–H and O–H groups in total. The van der Waals surface area contributed by atoms with Crippen LogP contribution < -0.4 is 10.1 Å². The van der Waals surface area contributed by atoms with Crippen LogP contribution in [0, 0.1) is 0 Å². The molecule has 0 atom stereocenters. The van der Waals surface area contributed by atoms with Crippen LogP contribution in [0.1, 0.15) is 20.7 Å². The molecule has 6 aromatic rings. The molecule has 0 aliphatic carbocycles. The molecule has 4 heteroatoms. The zero-order valence-electron chi connectivity index (χ0n) is 16.8. The van der Waals surface area contributed by atoms with Gasteiger partial charge in [0.15, 0.2) is 0 Å². The summed E-state index contributed by atoms with van der Waals surface area (Å²) >= 11 is 0. The van der Waals surface area contributed by atoms with Gasteiger partial charge in [0.1, 0.15) is 11.5 Å². The van der Waals surface area contributed by atoms with E-state index in [0.29, 0.717) is 28.0 Å². The molecule has 6 aromatic carbocycles. The zero-order valence-corrected chi connectivity index (χ0v) is 16.8. The topological polar surface area (TPSA) is 55.4 Å². The van der Waals surface area contributed by atoms with Crippen LogP contribution in [0.3, 0.4) is 0 Å². The molecule has 0 saturated heterocycles. The Morgan fingerprint density at radius 2 is 1.28 bits per heavy atom.